The van der Waals surface area contributed by atoms with Crippen molar-refractivity contribution in [2.75, 3.05) is 20.2 Å². The van der Waals surface area contributed by atoms with Crippen LogP contribution in [0.5, 0.6) is 0 Å². The van der Waals surface area contributed by atoms with Gasteiger partial charge in [0.2, 0.25) is 0 Å². The molecule has 0 unspecified atom stereocenters. The van der Waals surface area contributed by atoms with Crippen molar-refractivity contribution in [1.29, 1.82) is 0 Å². The molecule has 0 spiro atoms. The fourth-order valence-corrected chi connectivity index (χ4v) is 1.50. The first-order valence-electron chi connectivity index (χ1n) is 4.52. The van der Waals surface area contributed by atoms with E-state index in [1.165, 1.54) is 19.3 Å². The Kier molecular flexibility index (Phi) is 3.58. The molecule has 1 aliphatic carbocycles. The average molecular weight is 167 g/mol. The minimum atomic E-state index is 0.134. The van der Waals surface area contributed by atoms with E-state index in [1.807, 2.05) is 0 Å². The number of terminal acetylenes is 1. The van der Waals surface area contributed by atoms with Crippen LogP contribution in [0.1, 0.15) is 25.7 Å². The third-order valence-electron chi connectivity index (χ3n) is 2.59. The van der Waals surface area contributed by atoms with Crippen molar-refractivity contribution in [1.82, 2.24) is 5.32 Å². The molecule has 0 heterocycles. The Bertz CT molecular complexity index is 162. The molecule has 12 heavy (non-hydrogen) atoms. The first kappa shape index (κ1) is 9.57. The summed E-state index contributed by atoms with van der Waals surface area (Å²) in [4.78, 5) is 0. The van der Waals surface area contributed by atoms with Crippen molar-refractivity contribution in [2.24, 2.45) is 0 Å². The number of ether oxygens (including phenoxy) is 1. The molecule has 0 radical (unpaired) electrons. The van der Waals surface area contributed by atoms with Crippen LogP contribution >= 0.6 is 0 Å². The van der Waals surface area contributed by atoms with Crippen LogP contribution in [0.25, 0.3) is 0 Å². The summed E-state index contributed by atoms with van der Waals surface area (Å²) in [5.74, 6) is 2.60. The molecular formula is C10H17NO. The normalized spacial score (nSPS) is 19.7. The van der Waals surface area contributed by atoms with Crippen LogP contribution in [-0.4, -0.2) is 25.8 Å². The SMILES string of the molecule is C#CCCNCC1(OC)CCC1. The zero-order valence-electron chi connectivity index (χ0n) is 7.73. The summed E-state index contributed by atoms with van der Waals surface area (Å²) in [6.07, 6.45) is 9.61. The molecule has 0 amide bonds. The van der Waals surface area contributed by atoms with E-state index in [0.29, 0.717) is 0 Å². The fourth-order valence-electron chi connectivity index (χ4n) is 1.50. The summed E-state index contributed by atoms with van der Waals surface area (Å²) in [7, 11) is 1.79. The maximum atomic E-state index is 5.44. The van der Waals surface area contributed by atoms with Crippen LogP contribution < -0.4 is 5.32 Å². The Labute approximate surface area is 74.7 Å². The lowest BCUT2D eigenvalue weighted by atomic mass is 9.80. The molecule has 1 N–H and O–H groups in total. The Morgan fingerprint density at radius 1 is 1.58 bits per heavy atom. The Morgan fingerprint density at radius 3 is 2.75 bits per heavy atom. The second-order valence-corrected chi connectivity index (χ2v) is 3.37. The Balaban J connectivity index is 2.09. The number of nitrogens with one attached hydrogen (secondary N) is 1. The van der Waals surface area contributed by atoms with E-state index in [-0.39, 0.29) is 5.60 Å². The van der Waals surface area contributed by atoms with Gasteiger partial charge >= 0.3 is 0 Å². The predicted octanol–water partition coefficient (Wildman–Crippen LogP) is 1.17. The van der Waals surface area contributed by atoms with Gasteiger partial charge in [-0.25, -0.2) is 0 Å². The van der Waals surface area contributed by atoms with E-state index in [4.69, 9.17) is 11.2 Å². The fraction of sp³-hybridized carbons (Fsp3) is 0.800. The molecule has 1 fully saturated rings. The predicted molar refractivity (Wildman–Crippen MR) is 49.9 cm³/mol. The van der Waals surface area contributed by atoms with Gasteiger partial charge in [-0.2, -0.15) is 0 Å². The van der Waals surface area contributed by atoms with Gasteiger partial charge in [0.25, 0.3) is 0 Å². The van der Waals surface area contributed by atoms with Crippen LogP contribution in [0.15, 0.2) is 0 Å². The highest BCUT2D eigenvalue weighted by Gasteiger charge is 2.36. The van der Waals surface area contributed by atoms with Crippen LogP contribution in [0.3, 0.4) is 0 Å². The largest absolute Gasteiger partial charge is 0.377 e. The van der Waals surface area contributed by atoms with E-state index in [1.54, 1.807) is 7.11 Å². The van der Waals surface area contributed by atoms with E-state index in [9.17, 15) is 0 Å². The van der Waals surface area contributed by atoms with Crippen molar-refractivity contribution >= 4 is 0 Å². The molecule has 68 valence electrons. The van der Waals surface area contributed by atoms with Gasteiger partial charge < -0.3 is 10.1 Å². The lowest BCUT2D eigenvalue weighted by Crippen LogP contribution is -2.48. The summed E-state index contributed by atoms with van der Waals surface area (Å²) < 4.78 is 5.44. The lowest BCUT2D eigenvalue weighted by molar-refractivity contribution is -0.0691. The topological polar surface area (TPSA) is 21.3 Å². The molecule has 0 aliphatic heterocycles. The van der Waals surface area contributed by atoms with E-state index in [2.05, 4.69) is 11.2 Å². The van der Waals surface area contributed by atoms with Gasteiger partial charge in [0.15, 0.2) is 0 Å². The number of rotatable bonds is 5. The van der Waals surface area contributed by atoms with E-state index >= 15 is 0 Å². The first-order valence-corrected chi connectivity index (χ1v) is 4.52. The third-order valence-corrected chi connectivity index (χ3v) is 2.59. The second kappa shape index (κ2) is 4.49. The highest BCUT2D eigenvalue weighted by molar-refractivity contribution is 4.92. The quantitative estimate of drug-likeness (QED) is 0.490. The van der Waals surface area contributed by atoms with Crippen molar-refractivity contribution in [3.63, 3.8) is 0 Å². The van der Waals surface area contributed by atoms with E-state index in [0.717, 1.165) is 19.5 Å². The summed E-state index contributed by atoms with van der Waals surface area (Å²) in [5, 5.41) is 3.31. The monoisotopic (exact) mass is 167 g/mol. The maximum absolute atomic E-state index is 5.44. The maximum Gasteiger partial charge on any atom is 0.0802 e. The number of methoxy groups -OCH3 is 1. The van der Waals surface area contributed by atoms with Crippen molar-refractivity contribution < 1.29 is 4.74 Å². The smallest absolute Gasteiger partial charge is 0.0802 e. The van der Waals surface area contributed by atoms with Crippen LogP contribution in [0, 0.1) is 12.3 Å². The molecule has 1 rings (SSSR count). The molecule has 0 bridgehead atoms. The van der Waals surface area contributed by atoms with Crippen molar-refractivity contribution in [3.8, 4) is 12.3 Å². The summed E-state index contributed by atoms with van der Waals surface area (Å²) in [5.41, 5.74) is 0.134. The number of hydrogen-bond donors (Lipinski definition) is 1. The van der Waals surface area contributed by atoms with Crippen LogP contribution in [0.2, 0.25) is 0 Å². The zero-order valence-corrected chi connectivity index (χ0v) is 7.73. The molecule has 0 saturated heterocycles. The van der Waals surface area contributed by atoms with Crippen LogP contribution in [0.4, 0.5) is 0 Å². The van der Waals surface area contributed by atoms with Gasteiger partial charge in [-0.15, -0.1) is 12.3 Å². The van der Waals surface area contributed by atoms with Gasteiger partial charge in [0.1, 0.15) is 0 Å². The van der Waals surface area contributed by atoms with Gasteiger partial charge in [0, 0.05) is 26.6 Å². The molecule has 0 aromatic carbocycles. The Morgan fingerprint density at radius 2 is 2.33 bits per heavy atom. The highest BCUT2D eigenvalue weighted by atomic mass is 16.5. The average Bonchev–Trinajstić information content (AvgIpc) is 2.02. The minimum absolute atomic E-state index is 0.134. The van der Waals surface area contributed by atoms with Crippen molar-refractivity contribution in [3.05, 3.63) is 0 Å². The standard InChI is InChI=1S/C10H17NO/c1-3-4-8-11-9-10(12-2)6-5-7-10/h1,11H,4-9H2,2H3. The highest BCUT2D eigenvalue weighted by Crippen LogP contribution is 2.34. The summed E-state index contributed by atoms with van der Waals surface area (Å²) >= 11 is 0. The summed E-state index contributed by atoms with van der Waals surface area (Å²) in [6.45, 7) is 1.85. The lowest BCUT2D eigenvalue weighted by Gasteiger charge is -2.40. The molecule has 2 heteroatoms. The van der Waals surface area contributed by atoms with Gasteiger partial charge in [-0.3, -0.25) is 0 Å². The minimum Gasteiger partial charge on any atom is -0.377 e. The Hall–Kier alpha value is -0.520. The molecule has 1 aliphatic rings. The van der Waals surface area contributed by atoms with Gasteiger partial charge in [0.05, 0.1) is 5.60 Å². The molecule has 0 aromatic heterocycles. The molecular weight excluding hydrogens is 150 g/mol. The summed E-state index contributed by atoms with van der Waals surface area (Å²) in [6, 6.07) is 0. The number of hydrogen-bond acceptors (Lipinski definition) is 2. The molecule has 0 aromatic rings. The van der Waals surface area contributed by atoms with Gasteiger partial charge in [-0.05, 0) is 19.3 Å². The first-order chi connectivity index (χ1) is 5.83. The molecule has 0 atom stereocenters. The van der Waals surface area contributed by atoms with Crippen molar-refractivity contribution in [2.45, 2.75) is 31.3 Å². The third kappa shape index (κ3) is 2.23. The molecule has 2 nitrogen and oxygen atoms in total. The van der Waals surface area contributed by atoms with Gasteiger partial charge in [-0.1, -0.05) is 0 Å². The zero-order chi connectivity index (χ0) is 8.86. The molecule has 1 saturated carbocycles. The van der Waals surface area contributed by atoms with Crippen LogP contribution in [-0.2, 0) is 4.74 Å². The van der Waals surface area contributed by atoms with E-state index < -0.39 is 0 Å². The second-order valence-electron chi connectivity index (χ2n) is 3.37.